The quantitative estimate of drug-likeness (QED) is 0.653. The Hall–Kier alpha value is -2.40. The number of thiazole rings is 1. The molecule has 0 atom stereocenters. The van der Waals surface area contributed by atoms with E-state index in [1.54, 1.807) is 34.9 Å². The second-order valence-electron chi connectivity index (χ2n) is 4.72. The van der Waals surface area contributed by atoms with Crippen LogP contribution in [0.4, 0.5) is 19.1 Å². The summed E-state index contributed by atoms with van der Waals surface area (Å²) in [6.45, 7) is 0. The fourth-order valence-electron chi connectivity index (χ4n) is 1.85. The van der Waals surface area contributed by atoms with Gasteiger partial charge in [-0.2, -0.15) is 18.2 Å². The second-order valence-corrected chi connectivity index (χ2v) is 6.46. The molecule has 25 heavy (non-hydrogen) atoms. The van der Waals surface area contributed by atoms with Crippen LogP contribution in [0.2, 0.25) is 0 Å². The van der Waals surface area contributed by atoms with Gasteiger partial charge in [-0.3, -0.25) is 15.2 Å². The highest BCUT2D eigenvalue weighted by molar-refractivity contribution is 7.98. The first-order valence-electron chi connectivity index (χ1n) is 6.83. The highest BCUT2D eigenvalue weighted by atomic mass is 32.2. The molecule has 0 spiro atoms. The fraction of sp³-hybridized carbons (Fsp3) is 0.143. The van der Waals surface area contributed by atoms with Crippen molar-refractivity contribution in [3.8, 4) is 0 Å². The molecule has 3 aromatic rings. The Bertz CT molecular complexity index is 863. The van der Waals surface area contributed by atoms with Gasteiger partial charge >= 0.3 is 6.18 Å². The van der Waals surface area contributed by atoms with Gasteiger partial charge in [0.05, 0.1) is 16.8 Å². The normalized spacial score (nSPS) is 11.5. The van der Waals surface area contributed by atoms with Crippen LogP contribution < -0.4 is 5.32 Å². The zero-order valence-corrected chi connectivity index (χ0v) is 14.0. The monoisotopic (exact) mass is 385 g/mol. The maximum absolute atomic E-state index is 12.5. The van der Waals surface area contributed by atoms with Crippen molar-refractivity contribution < 1.29 is 18.0 Å². The third-order valence-corrected chi connectivity index (χ3v) is 4.71. The van der Waals surface area contributed by atoms with E-state index in [9.17, 15) is 18.0 Å². The lowest BCUT2D eigenvalue weighted by atomic mass is 10.2. The van der Waals surface area contributed by atoms with Gasteiger partial charge in [0, 0.05) is 16.0 Å². The van der Waals surface area contributed by atoms with Crippen molar-refractivity contribution >= 4 is 35.0 Å². The van der Waals surface area contributed by atoms with Crippen molar-refractivity contribution in [1.29, 1.82) is 0 Å². The van der Waals surface area contributed by atoms with Crippen LogP contribution in [0.5, 0.6) is 0 Å². The average Bonchev–Trinajstić information content (AvgIpc) is 3.24. The molecule has 3 rings (SSSR count). The Labute approximate surface area is 147 Å². The summed E-state index contributed by atoms with van der Waals surface area (Å²) in [5.41, 5.74) is 2.92. The molecule has 0 aliphatic rings. The summed E-state index contributed by atoms with van der Waals surface area (Å²) >= 11 is 2.88. The molecule has 0 saturated heterocycles. The van der Waals surface area contributed by atoms with Gasteiger partial charge in [-0.25, -0.2) is 4.98 Å². The number of hydrogen-bond acceptors (Lipinski definition) is 6. The second kappa shape index (κ2) is 7.23. The molecule has 2 heterocycles. The number of rotatable bonds is 5. The lowest BCUT2D eigenvalue weighted by Gasteiger charge is -2.07. The molecule has 0 fully saturated rings. The number of carbonyl (C=O) groups is 1. The van der Waals surface area contributed by atoms with Crippen molar-refractivity contribution in [2.24, 2.45) is 0 Å². The molecule has 1 amide bonds. The van der Waals surface area contributed by atoms with Gasteiger partial charge in [0.25, 0.3) is 5.91 Å². The summed E-state index contributed by atoms with van der Waals surface area (Å²) in [7, 11) is 0. The van der Waals surface area contributed by atoms with Crippen LogP contribution in [0.3, 0.4) is 0 Å². The van der Waals surface area contributed by atoms with E-state index in [1.807, 2.05) is 5.38 Å². The third-order valence-electron chi connectivity index (χ3n) is 2.97. The summed E-state index contributed by atoms with van der Waals surface area (Å²) in [5, 5.41) is 9.28. The summed E-state index contributed by atoms with van der Waals surface area (Å²) in [5.74, 6) is -1.72. The Kier molecular flexibility index (Phi) is 5.04. The van der Waals surface area contributed by atoms with E-state index in [0.29, 0.717) is 16.2 Å². The van der Waals surface area contributed by atoms with Crippen LogP contribution in [0.15, 0.2) is 40.1 Å². The topological polar surface area (TPSA) is 83.6 Å². The van der Waals surface area contributed by atoms with Crippen LogP contribution in [-0.4, -0.2) is 26.1 Å². The first kappa shape index (κ1) is 17.4. The number of alkyl halides is 3. The number of nitrogens with zero attached hydrogens (tertiary/aromatic N) is 3. The smallest absolute Gasteiger partial charge is 0.289 e. The lowest BCUT2D eigenvalue weighted by Crippen LogP contribution is -2.14. The lowest BCUT2D eigenvalue weighted by molar-refractivity contribution is -0.144. The minimum Gasteiger partial charge on any atom is -0.289 e. The number of halogens is 3. The molecule has 6 nitrogen and oxygen atoms in total. The van der Waals surface area contributed by atoms with Gasteiger partial charge in [-0.15, -0.1) is 28.2 Å². The van der Waals surface area contributed by atoms with Gasteiger partial charge in [0.15, 0.2) is 0 Å². The van der Waals surface area contributed by atoms with Crippen LogP contribution in [0.1, 0.15) is 21.9 Å². The third kappa shape index (κ3) is 4.37. The van der Waals surface area contributed by atoms with Gasteiger partial charge in [-0.1, -0.05) is 12.1 Å². The number of anilines is 1. The number of carbonyl (C=O) groups excluding carboxylic acids is 1. The van der Waals surface area contributed by atoms with Crippen LogP contribution in [0, 0.1) is 0 Å². The number of aromatic nitrogens is 4. The first-order valence-corrected chi connectivity index (χ1v) is 8.76. The maximum atomic E-state index is 12.5. The molecule has 2 N–H and O–H groups in total. The van der Waals surface area contributed by atoms with Gasteiger partial charge in [0.2, 0.25) is 11.8 Å². The van der Waals surface area contributed by atoms with Crippen molar-refractivity contribution in [2.45, 2.75) is 16.8 Å². The van der Waals surface area contributed by atoms with E-state index < -0.39 is 23.9 Å². The Morgan fingerprint density at radius 1 is 1.32 bits per heavy atom. The van der Waals surface area contributed by atoms with Crippen molar-refractivity contribution in [1.82, 2.24) is 20.2 Å². The molecule has 0 aliphatic heterocycles. The minimum absolute atomic E-state index is 0.320. The molecule has 0 unspecified atom stereocenters. The predicted octanol–water partition coefficient (Wildman–Crippen LogP) is 3.82. The number of amides is 1. The predicted molar refractivity (Wildman–Crippen MR) is 87.5 cm³/mol. The molecular weight excluding hydrogens is 375 g/mol. The number of nitrogens with one attached hydrogen (secondary N) is 2. The maximum Gasteiger partial charge on any atom is 0.451 e. The first-order chi connectivity index (χ1) is 11.9. The molecule has 2 aromatic heterocycles. The number of thioether (sulfide) groups is 1. The molecular formula is C14H10F3N5OS2. The van der Waals surface area contributed by atoms with E-state index in [4.69, 9.17) is 0 Å². The number of hydrogen-bond donors (Lipinski definition) is 2. The largest absolute Gasteiger partial charge is 0.451 e. The molecule has 0 radical (unpaired) electrons. The molecule has 0 aliphatic carbocycles. The molecule has 130 valence electrons. The summed E-state index contributed by atoms with van der Waals surface area (Å²) in [6, 6.07) is 6.77. The molecule has 0 bridgehead atoms. The Balaban J connectivity index is 1.72. The molecule has 11 heteroatoms. The van der Waals surface area contributed by atoms with Crippen molar-refractivity contribution in [2.75, 3.05) is 5.32 Å². The average molecular weight is 385 g/mol. The minimum atomic E-state index is -4.66. The Morgan fingerprint density at radius 2 is 2.12 bits per heavy atom. The van der Waals surface area contributed by atoms with Gasteiger partial charge in [0.1, 0.15) is 0 Å². The van der Waals surface area contributed by atoms with Gasteiger partial charge in [-0.05, 0) is 12.1 Å². The van der Waals surface area contributed by atoms with E-state index in [2.05, 4.69) is 20.4 Å². The zero-order chi connectivity index (χ0) is 17.9. The van der Waals surface area contributed by atoms with Gasteiger partial charge < -0.3 is 0 Å². The summed E-state index contributed by atoms with van der Waals surface area (Å²) < 4.78 is 37.5. The van der Waals surface area contributed by atoms with Crippen molar-refractivity contribution in [3.05, 3.63) is 52.2 Å². The number of H-pyrrole nitrogens is 1. The number of benzene rings is 1. The van der Waals surface area contributed by atoms with Crippen LogP contribution in [0.25, 0.3) is 0 Å². The van der Waals surface area contributed by atoms with E-state index in [1.165, 1.54) is 23.1 Å². The van der Waals surface area contributed by atoms with E-state index in [-0.39, 0.29) is 0 Å². The highest BCUT2D eigenvalue weighted by Gasteiger charge is 2.35. The van der Waals surface area contributed by atoms with Crippen molar-refractivity contribution in [3.63, 3.8) is 0 Å². The van der Waals surface area contributed by atoms with E-state index in [0.717, 1.165) is 5.69 Å². The van der Waals surface area contributed by atoms with E-state index >= 15 is 0 Å². The highest BCUT2D eigenvalue weighted by Crippen LogP contribution is 2.28. The Morgan fingerprint density at radius 3 is 2.80 bits per heavy atom. The summed E-state index contributed by atoms with van der Waals surface area (Å²) in [6.07, 6.45) is -4.66. The number of aromatic amines is 1. The summed E-state index contributed by atoms with van der Waals surface area (Å²) in [4.78, 5) is 20.4. The van der Waals surface area contributed by atoms with Crippen LogP contribution >= 0.6 is 23.1 Å². The zero-order valence-electron chi connectivity index (χ0n) is 12.4. The molecule has 1 aromatic carbocycles. The molecule has 0 saturated carbocycles. The SMILES string of the molecule is O=C(Nc1n[nH]c(C(F)(F)F)n1)c1ccccc1SCc1cscn1. The van der Waals surface area contributed by atoms with Crippen LogP contribution in [-0.2, 0) is 11.9 Å². The standard InChI is InChI=1S/C14H10F3N5OS2/c15-14(16,17)12-20-13(22-21-12)19-11(23)9-3-1-2-4-10(9)25-6-8-5-24-7-18-8/h1-5,7H,6H2,(H2,19,20,21,22,23). The fourth-order valence-corrected chi connectivity index (χ4v) is 3.47.